The fraction of sp³-hybridized carbons (Fsp3) is 0.529. The van der Waals surface area contributed by atoms with Crippen molar-refractivity contribution in [1.29, 1.82) is 0 Å². The van der Waals surface area contributed by atoms with E-state index < -0.39 is 6.10 Å². The number of anilines is 1. The molecule has 4 N–H and O–H groups in total. The monoisotopic (exact) mass is 355 g/mol. The highest BCUT2D eigenvalue weighted by Gasteiger charge is 2.30. The molecular formula is C17H26ClN3O3. The van der Waals surface area contributed by atoms with E-state index in [9.17, 15) is 9.59 Å². The maximum Gasteiger partial charge on any atom is 0.253 e. The van der Waals surface area contributed by atoms with E-state index in [-0.39, 0.29) is 36.4 Å². The van der Waals surface area contributed by atoms with Crippen LogP contribution in [-0.2, 0) is 9.53 Å². The van der Waals surface area contributed by atoms with Gasteiger partial charge in [0.2, 0.25) is 0 Å². The van der Waals surface area contributed by atoms with Gasteiger partial charge in [0.1, 0.15) is 6.10 Å². The van der Waals surface area contributed by atoms with Gasteiger partial charge in [-0.05, 0) is 57.4 Å². The van der Waals surface area contributed by atoms with Crippen molar-refractivity contribution in [3.8, 4) is 0 Å². The van der Waals surface area contributed by atoms with Crippen LogP contribution in [0.2, 0.25) is 0 Å². The first-order chi connectivity index (χ1) is 10.9. The summed E-state index contributed by atoms with van der Waals surface area (Å²) in [4.78, 5) is 24.2. The fourth-order valence-corrected chi connectivity index (χ4v) is 2.58. The average Bonchev–Trinajstić information content (AvgIpc) is 2.97. The Labute approximate surface area is 148 Å². The van der Waals surface area contributed by atoms with Crippen molar-refractivity contribution in [2.24, 2.45) is 5.73 Å². The van der Waals surface area contributed by atoms with E-state index in [2.05, 4.69) is 10.6 Å². The maximum absolute atomic E-state index is 12.2. The number of carbonyl (C=O) groups excluding carboxylic acids is 2. The second-order valence-electron chi connectivity index (χ2n) is 6.21. The van der Waals surface area contributed by atoms with E-state index in [0.717, 1.165) is 12.0 Å². The molecule has 1 aliphatic rings. The number of ether oxygens (including phenoxy) is 1. The number of nitrogens with one attached hydrogen (secondary N) is 2. The number of carbonyl (C=O) groups is 2. The molecule has 0 saturated carbocycles. The summed E-state index contributed by atoms with van der Waals surface area (Å²) in [5.41, 5.74) is 7.66. The summed E-state index contributed by atoms with van der Waals surface area (Å²) < 4.78 is 5.59. The Bertz CT molecular complexity index is 592. The average molecular weight is 356 g/mol. The number of hydrogen-bond donors (Lipinski definition) is 3. The molecule has 7 heteroatoms. The Kier molecular flexibility index (Phi) is 7.66. The summed E-state index contributed by atoms with van der Waals surface area (Å²) >= 11 is 0. The molecule has 1 fully saturated rings. The Morgan fingerprint density at radius 1 is 1.33 bits per heavy atom. The highest BCUT2D eigenvalue weighted by atomic mass is 35.5. The molecule has 1 aromatic carbocycles. The first-order valence-corrected chi connectivity index (χ1v) is 7.98. The van der Waals surface area contributed by atoms with Crippen LogP contribution in [0.3, 0.4) is 0 Å². The van der Waals surface area contributed by atoms with E-state index in [1.807, 2.05) is 20.8 Å². The lowest BCUT2D eigenvalue weighted by molar-refractivity contribution is -0.126. The van der Waals surface area contributed by atoms with Crippen LogP contribution in [0.25, 0.3) is 0 Å². The zero-order valence-electron chi connectivity index (χ0n) is 14.3. The second kappa shape index (κ2) is 9.01. The van der Waals surface area contributed by atoms with Crippen molar-refractivity contribution in [1.82, 2.24) is 5.32 Å². The van der Waals surface area contributed by atoms with Gasteiger partial charge in [0.15, 0.2) is 0 Å². The first kappa shape index (κ1) is 20.4. The van der Waals surface area contributed by atoms with Gasteiger partial charge in [-0.15, -0.1) is 12.4 Å². The molecule has 1 aliphatic heterocycles. The number of benzene rings is 1. The molecule has 0 unspecified atom stereocenters. The highest BCUT2D eigenvalue weighted by molar-refractivity contribution is 5.97. The molecule has 134 valence electrons. The number of nitrogens with two attached hydrogens (primary N) is 1. The predicted octanol–water partition coefficient (Wildman–Crippen LogP) is 2.00. The Morgan fingerprint density at radius 3 is 2.58 bits per heavy atom. The van der Waals surface area contributed by atoms with E-state index >= 15 is 0 Å². The number of hydrogen-bond acceptors (Lipinski definition) is 4. The molecule has 0 aromatic heterocycles. The van der Waals surface area contributed by atoms with E-state index in [1.54, 1.807) is 18.2 Å². The van der Waals surface area contributed by atoms with Gasteiger partial charge >= 0.3 is 0 Å². The molecule has 2 amide bonds. The molecule has 2 atom stereocenters. The lowest BCUT2D eigenvalue weighted by Gasteiger charge is -2.15. The SMILES string of the molecule is Cc1cc(C(=O)NC(C)C)ccc1NC(=O)[C@@H]1CC[C@H](CN)O1.Cl. The van der Waals surface area contributed by atoms with Gasteiger partial charge in [0.25, 0.3) is 11.8 Å². The van der Waals surface area contributed by atoms with Gasteiger partial charge in [-0.25, -0.2) is 0 Å². The van der Waals surface area contributed by atoms with Crippen LogP contribution in [0.15, 0.2) is 18.2 Å². The third-order valence-electron chi connectivity index (χ3n) is 3.83. The van der Waals surface area contributed by atoms with Crippen molar-refractivity contribution in [2.45, 2.75) is 51.9 Å². The van der Waals surface area contributed by atoms with Crippen molar-refractivity contribution < 1.29 is 14.3 Å². The van der Waals surface area contributed by atoms with Gasteiger partial charge < -0.3 is 21.1 Å². The van der Waals surface area contributed by atoms with E-state index in [4.69, 9.17) is 10.5 Å². The van der Waals surface area contributed by atoms with Crippen molar-refractivity contribution in [2.75, 3.05) is 11.9 Å². The summed E-state index contributed by atoms with van der Waals surface area (Å²) in [6.07, 6.45) is 1.00. The van der Waals surface area contributed by atoms with Gasteiger partial charge in [-0.1, -0.05) is 0 Å². The molecule has 1 aromatic rings. The molecule has 0 aliphatic carbocycles. The Balaban J connectivity index is 0.00000288. The van der Waals surface area contributed by atoms with Crippen molar-refractivity contribution >= 4 is 29.9 Å². The molecular weight excluding hydrogens is 330 g/mol. The standard InChI is InChI=1S/C17H25N3O3.ClH/c1-10(2)19-16(21)12-4-6-14(11(3)8-12)20-17(22)15-7-5-13(9-18)23-15;/h4,6,8,10,13,15H,5,7,9,18H2,1-3H3,(H,19,21)(H,20,22);1H/t13-,15+;/m1./s1. The third-order valence-corrected chi connectivity index (χ3v) is 3.83. The van der Waals surface area contributed by atoms with Gasteiger partial charge in [0, 0.05) is 23.8 Å². The predicted molar refractivity (Wildman–Crippen MR) is 96.6 cm³/mol. The highest BCUT2D eigenvalue weighted by Crippen LogP contribution is 2.22. The lowest BCUT2D eigenvalue weighted by Crippen LogP contribution is -2.31. The topological polar surface area (TPSA) is 93.5 Å². The third kappa shape index (κ3) is 5.19. The fourth-order valence-electron chi connectivity index (χ4n) is 2.58. The molecule has 1 heterocycles. The summed E-state index contributed by atoms with van der Waals surface area (Å²) in [7, 11) is 0. The van der Waals surface area contributed by atoms with Gasteiger partial charge in [0.05, 0.1) is 6.10 Å². The smallest absolute Gasteiger partial charge is 0.253 e. The molecule has 1 saturated heterocycles. The van der Waals surface area contributed by atoms with Gasteiger partial charge in [-0.2, -0.15) is 0 Å². The second-order valence-corrected chi connectivity index (χ2v) is 6.21. The zero-order valence-corrected chi connectivity index (χ0v) is 15.1. The first-order valence-electron chi connectivity index (χ1n) is 7.98. The summed E-state index contributed by atoms with van der Waals surface area (Å²) in [5.74, 6) is -0.283. The molecule has 2 rings (SSSR count). The summed E-state index contributed by atoms with van der Waals surface area (Å²) in [6, 6.07) is 5.30. The van der Waals surface area contributed by atoms with Crippen LogP contribution in [-0.4, -0.2) is 36.6 Å². The van der Waals surface area contributed by atoms with Crippen LogP contribution in [0.4, 0.5) is 5.69 Å². The maximum atomic E-state index is 12.2. The lowest BCUT2D eigenvalue weighted by atomic mass is 10.1. The number of amides is 2. The minimum atomic E-state index is -0.452. The Hall–Kier alpha value is -1.63. The number of aryl methyl sites for hydroxylation is 1. The van der Waals surface area contributed by atoms with Crippen molar-refractivity contribution in [3.05, 3.63) is 29.3 Å². The summed E-state index contributed by atoms with van der Waals surface area (Å²) in [6.45, 7) is 6.12. The van der Waals surface area contributed by atoms with Crippen molar-refractivity contribution in [3.63, 3.8) is 0 Å². The van der Waals surface area contributed by atoms with E-state index in [1.165, 1.54) is 0 Å². The number of halogens is 1. The van der Waals surface area contributed by atoms with Crippen LogP contribution in [0, 0.1) is 6.92 Å². The molecule has 0 spiro atoms. The van der Waals surface area contributed by atoms with Crippen LogP contribution >= 0.6 is 12.4 Å². The largest absolute Gasteiger partial charge is 0.364 e. The number of rotatable bonds is 5. The van der Waals surface area contributed by atoms with E-state index in [0.29, 0.717) is 24.2 Å². The Morgan fingerprint density at radius 2 is 2.04 bits per heavy atom. The minimum Gasteiger partial charge on any atom is -0.364 e. The molecule has 24 heavy (non-hydrogen) atoms. The van der Waals surface area contributed by atoms with Gasteiger partial charge in [-0.3, -0.25) is 9.59 Å². The van der Waals surface area contributed by atoms with Crippen LogP contribution < -0.4 is 16.4 Å². The minimum absolute atomic E-state index is 0. The summed E-state index contributed by atoms with van der Waals surface area (Å²) in [5, 5.41) is 5.71. The normalized spacial score (nSPS) is 19.7. The quantitative estimate of drug-likeness (QED) is 0.753. The molecule has 0 radical (unpaired) electrons. The van der Waals surface area contributed by atoms with Crippen LogP contribution in [0.1, 0.15) is 42.6 Å². The zero-order chi connectivity index (χ0) is 17.0. The molecule has 6 nitrogen and oxygen atoms in total. The van der Waals surface area contributed by atoms with Crippen LogP contribution in [0.5, 0.6) is 0 Å². The molecule has 0 bridgehead atoms.